The van der Waals surface area contributed by atoms with Gasteiger partial charge in [-0.2, -0.15) is 0 Å². The lowest BCUT2D eigenvalue weighted by molar-refractivity contribution is -0.113. The summed E-state index contributed by atoms with van der Waals surface area (Å²) in [5, 5.41) is 0. The van der Waals surface area contributed by atoms with E-state index in [9.17, 15) is 9.59 Å². The Labute approximate surface area is 74.8 Å². The molecule has 1 N–H and O–H groups in total. The second-order valence-electron chi connectivity index (χ2n) is 2.74. The molecular weight excluding hydrogens is 166 g/mol. The maximum atomic E-state index is 11.3. The highest BCUT2D eigenvalue weighted by Gasteiger charge is 2.14. The van der Waals surface area contributed by atoms with Crippen molar-refractivity contribution in [1.29, 1.82) is 0 Å². The number of aromatic nitrogens is 1. The smallest absolute Gasteiger partial charge is 0.188 e. The molecule has 0 saturated heterocycles. The van der Waals surface area contributed by atoms with Crippen molar-refractivity contribution in [2.24, 2.45) is 0 Å². The summed E-state index contributed by atoms with van der Waals surface area (Å²) in [4.78, 5) is 25.2. The largest absolute Gasteiger partial charge is 0.361 e. The van der Waals surface area contributed by atoms with E-state index in [0.29, 0.717) is 11.3 Å². The van der Waals surface area contributed by atoms with Crippen LogP contribution in [0.3, 0.4) is 0 Å². The molecule has 0 amide bonds. The van der Waals surface area contributed by atoms with Gasteiger partial charge in [-0.25, -0.2) is 0 Å². The first-order chi connectivity index (χ1) is 6.27. The summed E-state index contributed by atoms with van der Waals surface area (Å²) in [5.41, 5.74) is 1.11. The van der Waals surface area contributed by atoms with E-state index in [1.54, 1.807) is 18.3 Å². The molecule has 64 valence electrons. The number of nitrogens with one attached hydrogen (secondary N) is 1. The highest BCUT2D eigenvalue weighted by atomic mass is 16.1. The molecule has 0 aliphatic heterocycles. The van der Waals surface area contributed by atoms with Gasteiger partial charge in [0.05, 0.1) is 0 Å². The minimum absolute atomic E-state index is 0.137. The van der Waals surface area contributed by atoms with Gasteiger partial charge in [-0.3, -0.25) is 9.59 Å². The molecule has 0 aromatic carbocycles. The van der Waals surface area contributed by atoms with Crippen LogP contribution in [-0.4, -0.2) is 16.6 Å². The molecular formula is C10H7NO2. The number of allylic oxidation sites excluding steroid dienone is 4. The number of H-pyrrole nitrogens is 1. The average Bonchev–Trinajstić information content (AvgIpc) is 2.61. The first-order valence-corrected chi connectivity index (χ1v) is 3.89. The van der Waals surface area contributed by atoms with Crippen molar-refractivity contribution >= 4 is 17.1 Å². The molecule has 0 radical (unpaired) electrons. The van der Waals surface area contributed by atoms with Crippen LogP contribution in [0.4, 0.5) is 0 Å². The van der Waals surface area contributed by atoms with Gasteiger partial charge in [-0.05, 0) is 30.4 Å². The van der Waals surface area contributed by atoms with Crippen molar-refractivity contribution in [2.45, 2.75) is 0 Å². The van der Waals surface area contributed by atoms with Gasteiger partial charge in [0.25, 0.3) is 0 Å². The summed E-state index contributed by atoms with van der Waals surface area (Å²) in [6.45, 7) is 0. The van der Waals surface area contributed by atoms with E-state index in [-0.39, 0.29) is 11.6 Å². The Kier molecular flexibility index (Phi) is 1.70. The van der Waals surface area contributed by atoms with Crippen LogP contribution in [0.15, 0.2) is 36.6 Å². The van der Waals surface area contributed by atoms with Crippen LogP contribution in [0, 0.1) is 0 Å². The number of aromatic amines is 1. The Balaban J connectivity index is 2.44. The first-order valence-electron chi connectivity index (χ1n) is 3.89. The quantitative estimate of drug-likeness (QED) is 0.646. The molecule has 1 aliphatic carbocycles. The number of rotatable bonds is 1. The fourth-order valence-electron chi connectivity index (χ4n) is 1.22. The molecule has 0 atom stereocenters. The Morgan fingerprint density at radius 1 is 1.15 bits per heavy atom. The molecule has 3 nitrogen and oxygen atoms in total. The van der Waals surface area contributed by atoms with Crippen LogP contribution < -0.4 is 0 Å². The van der Waals surface area contributed by atoms with Gasteiger partial charge >= 0.3 is 0 Å². The van der Waals surface area contributed by atoms with Crippen molar-refractivity contribution in [3.05, 3.63) is 42.3 Å². The predicted molar refractivity (Wildman–Crippen MR) is 47.9 cm³/mol. The fraction of sp³-hybridized carbons (Fsp3) is 0. The molecule has 3 heteroatoms. The SMILES string of the molecule is O=C1C=CC(=O)C(c2ccc[nH]2)=C1. The normalized spacial score (nSPS) is 16.2. The second-order valence-corrected chi connectivity index (χ2v) is 2.74. The second kappa shape index (κ2) is 2.86. The van der Waals surface area contributed by atoms with Crippen LogP contribution in [0.2, 0.25) is 0 Å². The Hall–Kier alpha value is -1.90. The third-order valence-corrected chi connectivity index (χ3v) is 1.84. The fourth-order valence-corrected chi connectivity index (χ4v) is 1.22. The Morgan fingerprint density at radius 2 is 2.00 bits per heavy atom. The van der Waals surface area contributed by atoms with Gasteiger partial charge in [0.15, 0.2) is 11.6 Å². The number of hydrogen-bond acceptors (Lipinski definition) is 2. The van der Waals surface area contributed by atoms with E-state index >= 15 is 0 Å². The summed E-state index contributed by atoms with van der Waals surface area (Å²) in [5.74, 6) is -0.286. The van der Waals surface area contributed by atoms with E-state index in [1.165, 1.54) is 18.2 Å². The highest BCUT2D eigenvalue weighted by Crippen LogP contribution is 2.16. The summed E-state index contributed by atoms with van der Waals surface area (Å²) in [6, 6.07) is 3.54. The minimum Gasteiger partial charge on any atom is -0.361 e. The van der Waals surface area contributed by atoms with Crippen molar-refractivity contribution in [1.82, 2.24) is 4.98 Å². The van der Waals surface area contributed by atoms with E-state index in [1.807, 2.05) is 0 Å². The van der Waals surface area contributed by atoms with Crippen LogP contribution in [-0.2, 0) is 9.59 Å². The van der Waals surface area contributed by atoms with Crippen LogP contribution in [0.25, 0.3) is 5.57 Å². The first kappa shape index (κ1) is 7.73. The molecule has 1 aromatic heterocycles. The van der Waals surface area contributed by atoms with Gasteiger partial charge in [-0.1, -0.05) is 0 Å². The van der Waals surface area contributed by atoms with Gasteiger partial charge < -0.3 is 4.98 Å². The third-order valence-electron chi connectivity index (χ3n) is 1.84. The molecule has 13 heavy (non-hydrogen) atoms. The summed E-state index contributed by atoms with van der Waals surface area (Å²) < 4.78 is 0. The minimum atomic E-state index is -0.149. The molecule has 1 heterocycles. The molecule has 0 fully saturated rings. The predicted octanol–water partition coefficient (Wildman–Crippen LogP) is 1.11. The lowest BCUT2D eigenvalue weighted by Gasteiger charge is -2.03. The van der Waals surface area contributed by atoms with E-state index < -0.39 is 0 Å². The lowest BCUT2D eigenvalue weighted by Crippen LogP contribution is -2.06. The average molecular weight is 173 g/mol. The van der Waals surface area contributed by atoms with E-state index in [0.717, 1.165) is 0 Å². The molecule has 2 rings (SSSR count). The van der Waals surface area contributed by atoms with Gasteiger partial charge in [-0.15, -0.1) is 0 Å². The number of carbonyl (C=O) groups excluding carboxylic acids is 2. The van der Waals surface area contributed by atoms with Gasteiger partial charge in [0.1, 0.15) is 0 Å². The zero-order valence-electron chi connectivity index (χ0n) is 6.78. The lowest BCUT2D eigenvalue weighted by atomic mass is 10.0. The molecule has 0 spiro atoms. The van der Waals surface area contributed by atoms with E-state index in [4.69, 9.17) is 0 Å². The molecule has 0 saturated carbocycles. The third kappa shape index (κ3) is 1.36. The number of ketones is 2. The maximum absolute atomic E-state index is 11.3. The van der Waals surface area contributed by atoms with Crippen molar-refractivity contribution in [2.75, 3.05) is 0 Å². The standard InChI is InChI=1S/C10H7NO2/c12-7-3-4-10(13)8(6-7)9-2-1-5-11-9/h1-6,11H. The Bertz CT molecular complexity index is 410. The van der Waals surface area contributed by atoms with Crippen LogP contribution in [0.5, 0.6) is 0 Å². The monoisotopic (exact) mass is 173 g/mol. The zero-order valence-corrected chi connectivity index (χ0v) is 6.78. The van der Waals surface area contributed by atoms with Gasteiger partial charge in [0.2, 0.25) is 0 Å². The van der Waals surface area contributed by atoms with Gasteiger partial charge in [0, 0.05) is 17.5 Å². The maximum Gasteiger partial charge on any atom is 0.188 e. The number of hydrogen-bond donors (Lipinski definition) is 1. The molecule has 0 unspecified atom stereocenters. The highest BCUT2D eigenvalue weighted by molar-refractivity contribution is 6.33. The van der Waals surface area contributed by atoms with Crippen molar-refractivity contribution in [3.8, 4) is 0 Å². The van der Waals surface area contributed by atoms with Crippen LogP contribution >= 0.6 is 0 Å². The van der Waals surface area contributed by atoms with E-state index in [2.05, 4.69) is 4.98 Å². The summed E-state index contributed by atoms with van der Waals surface area (Å²) in [6.07, 6.45) is 5.62. The number of carbonyl (C=O) groups is 2. The van der Waals surface area contributed by atoms with Crippen molar-refractivity contribution < 1.29 is 9.59 Å². The molecule has 0 bridgehead atoms. The van der Waals surface area contributed by atoms with Crippen LogP contribution in [0.1, 0.15) is 5.69 Å². The molecule has 1 aromatic rings. The van der Waals surface area contributed by atoms with Crippen molar-refractivity contribution in [3.63, 3.8) is 0 Å². The Morgan fingerprint density at radius 3 is 2.69 bits per heavy atom. The molecule has 1 aliphatic rings. The zero-order chi connectivity index (χ0) is 9.26. The summed E-state index contributed by atoms with van der Waals surface area (Å²) >= 11 is 0. The summed E-state index contributed by atoms with van der Waals surface area (Å²) in [7, 11) is 0. The topological polar surface area (TPSA) is 49.9 Å².